The van der Waals surface area contributed by atoms with E-state index in [9.17, 15) is 20.1 Å². The molecule has 3 N–H and O–H groups in total. The van der Waals surface area contributed by atoms with Crippen molar-refractivity contribution >= 4 is 14.0 Å². The monoisotopic (exact) mass is 576 g/mol. The summed E-state index contributed by atoms with van der Waals surface area (Å²) in [5.74, 6) is 0.282. The van der Waals surface area contributed by atoms with Gasteiger partial charge in [0.05, 0.1) is 8.07 Å². The number of aliphatic hydroxyl groups excluding tert-OH is 3. The fourth-order valence-electron chi connectivity index (χ4n) is 5.31. The normalized spacial score (nSPS) is 11.3. The number of aryl methyl sites for hydroxylation is 2. The highest BCUT2D eigenvalue weighted by Gasteiger charge is 2.31. The number of carbonyl (C=O) groups excluding carboxylic acids is 1. The van der Waals surface area contributed by atoms with Crippen molar-refractivity contribution in [1.82, 2.24) is 0 Å². The average molecular weight is 577 g/mol. The lowest BCUT2D eigenvalue weighted by molar-refractivity contribution is -0.139. The van der Waals surface area contributed by atoms with Gasteiger partial charge in [0.2, 0.25) is 0 Å². The number of aliphatic hydroxyl groups is 3. The van der Waals surface area contributed by atoms with E-state index >= 15 is 0 Å². The predicted molar refractivity (Wildman–Crippen MR) is 168 cm³/mol. The van der Waals surface area contributed by atoms with Crippen molar-refractivity contribution in [3.05, 3.63) is 90.0 Å². The van der Waals surface area contributed by atoms with E-state index < -0.39 is 14.0 Å². The third kappa shape index (κ3) is 9.13. The van der Waals surface area contributed by atoms with E-state index in [1.54, 1.807) is 6.92 Å². The van der Waals surface area contributed by atoms with Gasteiger partial charge in [-0.25, -0.2) is 4.79 Å². The minimum absolute atomic E-state index is 0.0569. The SMILES string of the molecule is C=C(C)C(=O)OCCOc1cc(-c2ccc(-c3ccccc3)cc2CC)ccc1CC[Si](CCO)(CCO)CCO. The van der Waals surface area contributed by atoms with E-state index in [0.717, 1.165) is 34.9 Å². The molecule has 0 saturated carbocycles. The second-order valence-corrected chi connectivity index (χ2v) is 15.6. The standard InChI is InChI=1S/C34H44O6Si/c1-4-27-24-30(28-8-6-5-7-9-28)12-13-32(27)31-11-10-29(14-20-41(21-15-35,22-16-36)23-17-37)33(25-31)39-18-19-40-34(38)26(2)3/h5-13,24-25,35-37H,2,4,14-23H2,1,3H3. The second kappa shape index (κ2) is 16.3. The van der Waals surface area contributed by atoms with Gasteiger partial charge < -0.3 is 24.8 Å². The Balaban J connectivity index is 1.92. The minimum atomic E-state index is -2.08. The Labute approximate surface area is 245 Å². The average Bonchev–Trinajstić information content (AvgIpc) is 2.99. The van der Waals surface area contributed by atoms with Gasteiger partial charge >= 0.3 is 5.97 Å². The number of ether oxygens (including phenoxy) is 2. The molecule has 0 aliphatic rings. The van der Waals surface area contributed by atoms with Gasteiger partial charge in [-0.2, -0.15) is 0 Å². The van der Waals surface area contributed by atoms with Gasteiger partial charge in [-0.1, -0.05) is 80.2 Å². The quantitative estimate of drug-likeness (QED) is 0.0784. The van der Waals surface area contributed by atoms with Crippen molar-refractivity contribution in [3.63, 3.8) is 0 Å². The van der Waals surface area contributed by atoms with E-state index in [-0.39, 0.29) is 33.0 Å². The van der Waals surface area contributed by atoms with Crippen molar-refractivity contribution in [1.29, 1.82) is 0 Å². The van der Waals surface area contributed by atoms with Crippen LogP contribution < -0.4 is 4.74 Å². The maximum atomic E-state index is 11.8. The first-order valence-electron chi connectivity index (χ1n) is 14.5. The number of rotatable bonds is 17. The van der Waals surface area contributed by atoms with Crippen LogP contribution in [0.2, 0.25) is 24.2 Å². The van der Waals surface area contributed by atoms with Crippen LogP contribution in [0.4, 0.5) is 0 Å². The molecule has 41 heavy (non-hydrogen) atoms. The van der Waals surface area contributed by atoms with Crippen molar-refractivity contribution < 1.29 is 29.6 Å². The van der Waals surface area contributed by atoms with Crippen LogP contribution in [0.25, 0.3) is 22.3 Å². The number of esters is 1. The lowest BCUT2D eigenvalue weighted by atomic mass is 9.93. The van der Waals surface area contributed by atoms with Gasteiger partial charge in [-0.05, 0) is 77.3 Å². The molecule has 3 aromatic carbocycles. The summed E-state index contributed by atoms with van der Waals surface area (Å²) in [7, 11) is -2.08. The van der Waals surface area contributed by atoms with E-state index in [1.807, 2.05) is 18.2 Å². The molecule has 0 amide bonds. The van der Waals surface area contributed by atoms with Gasteiger partial charge in [0.15, 0.2) is 0 Å². The summed E-state index contributed by atoms with van der Waals surface area (Å²) in [4.78, 5) is 11.8. The van der Waals surface area contributed by atoms with Gasteiger partial charge in [-0.15, -0.1) is 0 Å². The van der Waals surface area contributed by atoms with Crippen molar-refractivity contribution in [2.75, 3.05) is 33.0 Å². The number of benzene rings is 3. The largest absolute Gasteiger partial charge is 0.490 e. The van der Waals surface area contributed by atoms with Crippen LogP contribution in [-0.4, -0.2) is 62.4 Å². The van der Waals surface area contributed by atoms with Gasteiger partial charge in [0.25, 0.3) is 0 Å². The van der Waals surface area contributed by atoms with Crippen LogP contribution in [0.1, 0.15) is 25.0 Å². The molecule has 0 atom stereocenters. The molecule has 7 heteroatoms. The van der Waals surface area contributed by atoms with Crippen LogP contribution in [0.3, 0.4) is 0 Å². The molecule has 0 unspecified atom stereocenters. The third-order valence-electron chi connectivity index (χ3n) is 7.75. The maximum Gasteiger partial charge on any atom is 0.333 e. The molecular weight excluding hydrogens is 532 g/mol. The van der Waals surface area contributed by atoms with Gasteiger partial charge in [0.1, 0.15) is 19.0 Å². The molecule has 0 fully saturated rings. The highest BCUT2D eigenvalue weighted by atomic mass is 28.3. The van der Waals surface area contributed by atoms with Gasteiger partial charge in [-0.3, -0.25) is 0 Å². The van der Waals surface area contributed by atoms with Crippen LogP contribution in [-0.2, 0) is 22.4 Å². The molecule has 0 bridgehead atoms. The predicted octanol–water partition coefficient (Wildman–Crippen LogP) is 6.05. The van der Waals surface area contributed by atoms with E-state index in [1.165, 1.54) is 16.7 Å². The Hall–Kier alpha value is -3.23. The summed E-state index contributed by atoms with van der Waals surface area (Å²) in [6.07, 6.45) is 1.59. The third-order valence-corrected chi connectivity index (χ3v) is 12.9. The lowest BCUT2D eigenvalue weighted by Crippen LogP contribution is -2.37. The Morgan fingerprint density at radius 1 is 0.780 bits per heavy atom. The zero-order valence-electron chi connectivity index (χ0n) is 24.4. The molecule has 0 aliphatic heterocycles. The number of carbonyl (C=O) groups is 1. The molecule has 220 valence electrons. The summed E-state index contributed by atoms with van der Waals surface area (Å²) in [5, 5.41) is 29.2. The Kier molecular flexibility index (Phi) is 12.8. The molecule has 6 nitrogen and oxygen atoms in total. The molecule has 3 aromatic rings. The van der Waals surface area contributed by atoms with Crippen LogP contribution in [0.15, 0.2) is 78.9 Å². The topological polar surface area (TPSA) is 96.2 Å². The molecule has 0 aliphatic carbocycles. The zero-order valence-corrected chi connectivity index (χ0v) is 25.4. The van der Waals surface area contributed by atoms with E-state index in [0.29, 0.717) is 30.1 Å². The van der Waals surface area contributed by atoms with Gasteiger partial charge in [0, 0.05) is 25.4 Å². The summed E-state index contributed by atoms with van der Waals surface area (Å²) in [6.45, 7) is 7.87. The molecule has 0 spiro atoms. The van der Waals surface area contributed by atoms with Crippen molar-refractivity contribution in [2.24, 2.45) is 0 Å². The Morgan fingerprint density at radius 2 is 1.44 bits per heavy atom. The number of hydrogen-bond donors (Lipinski definition) is 3. The van der Waals surface area contributed by atoms with Crippen LogP contribution in [0.5, 0.6) is 5.75 Å². The van der Waals surface area contributed by atoms with Crippen molar-refractivity contribution in [2.45, 2.75) is 50.9 Å². The lowest BCUT2D eigenvalue weighted by Gasteiger charge is -2.30. The van der Waals surface area contributed by atoms with Crippen molar-refractivity contribution in [3.8, 4) is 28.0 Å². The first-order chi connectivity index (χ1) is 19.9. The smallest absolute Gasteiger partial charge is 0.333 e. The molecular formula is C34H44O6Si. The Bertz CT molecular complexity index is 1260. The van der Waals surface area contributed by atoms with Crippen LogP contribution >= 0.6 is 0 Å². The summed E-state index contributed by atoms with van der Waals surface area (Å²) < 4.78 is 11.4. The first-order valence-corrected chi connectivity index (χ1v) is 17.3. The van der Waals surface area contributed by atoms with Crippen LogP contribution in [0, 0.1) is 0 Å². The summed E-state index contributed by atoms with van der Waals surface area (Å²) in [5.41, 5.74) is 7.14. The maximum absolute atomic E-state index is 11.8. The highest BCUT2D eigenvalue weighted by molar-refractivity contribution is 6.80. The number of hydrogen-bond acceptors (Lipinski definition) is 6. The molecule has 0 radical (unpaired) electrons. The molecule has 0 heterocycles. The van der Waals surface area contributed by atoms with E-state index in [2.05, 4.69) is 62.0 Å². The highest BCUT2D eigenvalue weighted by Crippen LogP contribution is 2.35. The summed E-state index contributed by atoms with van der Waals surface area (Å²) in [6, 6.07) is 25.9. The molecule has 0 saturated heterocycles. The first kappa shape index (κ1) is 32.3. The second-order valence-electron chi connectivity index (χ2n) is 10.6. The molecule has 0 aromatic heterocycles. The zero-order chi connectivity index (χ0) is 29.7. The molecule has 3 rings (SSSR count). The minimum Gasteiger partial charge on any atom is -0.490 e. The fraction of sp³-hybridized carbons (Fsp3) is 0.382. The fourth-order valence-corrected chi connectivity index (χ4v) is 9.03. The summed E-state index contributed by atoms with van der Waals surface area (Å²) >= 11 is 0. The Morgan fingerprint density at radius 3 is 2.05 bits per heavy atom. The van der Waals surface area contributed by atoms with E-state index in [4.69, 9.17) is 9.47 Å².